The van der Waals surface area contributed by atoms with Crippen molar-refractivity contribution < 1.29 is 22.8 Å². The molecule has 2 amide bonds. The van der Waals surface area contributed by atoms with Crippen molar-refractivity contribution in [3.8, 4) is 0 Å². The average molecular weight is 578 g/mol. The monoisotopic (exact) mass is 577 g/mol. The van der Waals surface area contributed by atoms with Gasteiger partial charge in [-0.2, -0.15) is 4.31 Å². The number of amides is 2. The van der Waals surface area contributed by atoms with Crippen molar-refractivity contribution in [3.63, 3.8) is 0 Å². The lowest BCUT2D eigenvalue weighted by molar-refractivity contribution is -0.128. The zero-order chi connectivity index (χ0) is 28.1. The summed E-state index contributed by atoms with van der Waals surface area (Å²) < 4.78 is 27.1. The van der Waals surface area contributed by atoms with Crippen molar-refractivity contribution >= 4 is 49.9 Å². The second kappa shape index (κ2) is 12.0. The SMILES string of the molecule is O=C(N[C@@H](Cc1cccs1)C(=O)NC1CCCN(S(=O)(=O)c2ccccn2)CC1=O)c1cnc2ccccc2c1. The Morgan fingerprint density at radius 1 is 1.07 bits per heavy atom. The number of sulfonamides is 1. The van der Waals surface area contributed by atoms with Gasteiger partial charge < -0.3 is 10.6 Å². The first-order chi connectivity index (χ1) is 19.3. The second-order valence-electron chi connectivity index (χ2n) is 9.40. The maximum Gasteiger partial charge on any atom is 0.260 e. The van der Waals surface area contributed by atoms with Gasteiger partial charge in [0.15, 0.2) is 10.8 Å². The van der Waals surface area contributed by atoms with E-state index in [9.17, 15) is 22.8 Å². The number of hydrogen-bond donors (Lipinski definition) is 2. The smallest absolute Gasteiger partial charge is 0.260 e. The maximum absolute atomic E-state index is 13.4. The number of Topliss-reactive ketones (excluding diaryl/α,β-unsaturated/α-hetero) is 1. The minimum absolute atomic E-state index is 0.126. The van der Waals surface area contributed by atoms with Crippen LogP contribution >= 0.6 is 11.3 Å². The molecule has 12 heteroatoms. The van der Waals surface area contributed by atoms with Crippen molar-refractivity contribution in [1.29, 1.82) is 0 Å². The molecule has 1 aliphatic heterocycles. The number of rotatable bonds is 8. The summed E-state index contributed by atoms with van der Waals surface area (Å²) in [6.45, 7) is -0.254. The van der Waals surface area contributed by atoms with Gasteiger partial charge in [0.05, 0.1) is 23.7 Å². The highest BCUT2D eigenvalue weighted by Gasteiger charge is 2.34. The number of aromatic nitrogens is 2. The van der Waals surface area contributed by atoms with Crippen LogP contribution in [0, 0.1) is 0 Å². The molecule has 206 valence electrons. The average Bonchev–Trinajstić information content (AvgIpc) is 3.41. The Balaban J connectivity index is 1.30. The van der Waals surface area contributed by atoms with Gasteiger partial charge in [-0.05, 0) is 48.6 Å². The Labute approximate surface area is 235 Å². The number of benzene rings is 1. The molecule has 0 radical (unpaired) electrons. The van der Waals surface area contributed by atoms with E-state index >= 15 is 0 Å². The van der Waals surface area contributed by atoms with Crippen molar-refractivity contribution in [2.75, 3.05) is 13.1 Å². The maximum atomic E-state index is 13.4. The molecule has 10 nitrogen and oxygen atoms in total. The molecule has 2 N–H and O–H groups in total. The number of ketones is 1. The molecule has 1 aliphatic rings. The molecule has 0 bridgehead atoms. The Bertz CT molecular complexity index is 1630. The molecule has 1 saturated heterocycles. The van der Waals surface area contributed by atoms with Gasteiger partial charge in [0.1, 0.15) is 6.04 Å². The first-order valence-corrected chi connectivity index (χ1v) is 15.1. The Morgan fingerprint density at radius 2 is 1.90 bits per heavy atom. The lowest BCUT2D eigenvalue weighted by Gasteiger charge is -2.22. The van der Waals surface area contributed by atoms with Gasteiger partial charge in [-0.25, -0.2) is 13.4 Å². The summed E-state index contributed by atoms with van der Waals surface area (Å²) in [5.74, 6) is -1.41. The lowest BCUT2D eigenvalue weighted by atomic mass is 10.1. The number of carbonyl (C=O) groups is 3. The third-order valence-corrected chi connectivity index (χ3v) is 9.30. The Morgan fingerprint density at radius 3 is 2.67 bits per heavy atom. The normalized spacial score (nSPS) is 17.2. The molecular formula is C28H27N5O5S2. The quantitative estimate of drug-likeness (QED) is 0.328. The number of thiophene rings is 1. The molecule has 3 aromatic heterocycles. The summed E-state index contributed by atoms with van der Waals surface area (Å²) in [6, 6.07) is 15.6. The zero-order valence-corrected chi connectivity index (χ0v) is 23.0. The number of nitrogens with zero attached hydrogens (tertiary/aromatic N) is 3. The second-order valence-corrected chi connectivity index (χ2v) is 12.3. The van der Waals surface area contributed by atoms with Crippen molar-refractivity contribution in [2.24, 2.45) is 0 Å². The number of nitrogens with one attached hydrogen (secondary N) is 2. The van der Waals surface area contributed by atoms with Gasteiger partial charge in [-0.3, -0.25) is 19.4 Å². The summed E-state index contributed by atoms with van der Waals surface area (Å²) in [5, 5.41) is 8.11. The zero-order valence-electron chi connectivity index (χ0n) is 21.4. The van der Waals surface area contributed by atoms with E-state index in [1.54, 1.807) is 18.2 Å². The first-order valence-electron chi connectivity index (χ1n) is 12.7. The van der Waals surface area contributed by atoms with E-state index in [0.29, 0.717) is 12.0 Å². The fraction of sp³-hybridized carbons (Fsp3) is 0.250. The number of hydrogen-bond acceptors (Lipinski definition) is 8. The molecule has 1 fully saturated rings. The highest BCUT2D eigenvalue weighted by atomic mass is 32.2. The standard InChI is InChI=1S/C28H27N5O5S2/c34-25-18-33(40(37,38)26-11-3-4-12-29-26)13-5-10-23(25)31-28(36)24(16-21-8-6-14-39-21)32-27(35)20-15-19-7-1-2-9-22(19)30-17-20/h1-4,6-9,11-12,14-15,17,23-24H,5,10,13,16,18H2,(H,31,36)(H,32,35)/t23?,24-/m0/s1. The van der Waals surface area contributed by atoms with E-state index in [1.165, 1.54) is 29.8 Å². The van der Waals surface area contributed by atoms with E-state index in [2.05, 4.69) is 20.6 Å². The number of fused-ring (bicyclic) bond motifs is 1. The van der Waals surface area contributed by atoms with Gasteiger partial charge >= 0.3 is 0 Å². The van der Waals surface area contributed by atoms with Gasteiger partial charge in [-0.1, -0.05) is 30.3 Å². The minimum Gasteiger partial charge on any atom is -0.344 e. The molecule has 4 heterocycles. The summed E-state index contributed by atoms with van der Waals surface area (Å²) in [7, 11) is -3.96. The molecule has 0 spiro atoms. The fourth-order valence-corrected chi connectivity index (χ4v) is 6.66. The van der Waals surface area contributed by atoms with Crippen molar-refractivity contribution in [2.45, 2.75) is 36.4 Å². The minimum atomic E-state index is -3.96. The van der Waals surface area contributed by atoms with Crippen molar-refractivity contribution in [1.82, 2.24) is 24.9 Å². The van der Waals surface area contributed by atoms with Crippen LogP contribution in [0.5, 0.6) is 0 Å². The third kappa shape index (κ3) is 6.24. The predicted octanol–water partition coefficient (Wildman–Crippen LogP) is 2.57. The van der Waals surface area contributed by atoms with Crippen LogP contribution in [-0.2, 0) is 26.0 Å². The summed E-state index contributed by atoms with van der Waals surface area (Å²) in [6.07, 6.45) is 3.71. The van der Waals surface area contributed by atoms with Gasteiger partial charge in [-0.15, -0.1) is 11.3 Å². The molecule has 1 unspecified atom stereocenters. The molecule has 4 aromatic rings. The van der Waals surface area contributed by atoms with Crippen LogP contribution in [0.25, 0.3) is 10.9 Å². The van der Waals surface area contributed by atoms with Crippen LogP contribution in [0.1, 0.15) is 28.1 Å². The van der Waals surface area contributed by atoms with Gasteiger partial charge in [0.25, 0.3) is 15.9 Å². The van der Waals surface area contributed by atoms with Crippen LogP contribution in [0.4, 0.5) is 0 Å². The Hall–Kier alpha value is -4.00. The van der Waals surface area contributed by atoms with Crippen LogP contribution in [0.15, 0.2) is 83.5 Å². The molecular weight excluding hydrogens is 550 g/mol. The van der Waals surface area contributed by atoms with Crippen LogP contribution in [-0.4, -0.2) is 65.5 Å². The highest BCUT2D eigenvalue weighted by Crippen LogP contribution is 2.19. The van der Waals surface area contributed by atoms with Crippen molar-refractivity contribution in [3.05, 3.63) is 88.9 Å². The highest BCUT2D eigenvalue weighted by molar-refractivity contribution is 7.89. The van der Waals surface area contributed by atoms with E-state index in [0.717, 1.165) is 20.1 Å². The molecule has 1 aromatic carbocycles. The van der Waals surface area contributed by atoms with Gasteiger partial charge in [0, 0.05) is 35.6 Å². The summed E-state index contributed by atoms with van der Waals surface area (Å²) in [5.41, 5.74) is 1.06. The fourth-order valence-electron chi connectivity index (χ4n) is 4.53. The largest absolute Gasteiger partial charge is 0.344 e. The van der Waals surface area contributed by atoms with E-state index in [-0.39, 0.29) is 31.0 Å². The molecule has 2 atom stereocenters. The molecule has 40 heavy (non-hydrogen) atoms. The predicted molar refractivity (Wildman–Crippen MR) is 150 cm³/mol. The Kier molecular flexibility index (Phi) is 8.29. The lowest BCUT2D eigenvalue weighted by Crippen LogP contribution is -2.53. The molecule has 0 aliphatic carbocycles. The van der Waals surface area contributed by atoms with Crippen LogP contribution < -0.4 is 10.6 Å². The number of para-hydroxylation sites is 1. The van der Waals surface area contributed by atoms with Crippen LogP contribution in [0.3, 0.4) is 0 Å². The molecule has 5 rings (SSSR count). The van der Waals surface area contributed by atoms with Gasteiger partial charge in [0.2, 0.25) is 5.91 Å². The number of pyridine rings is 2. The summed E-state index contributed by atoms with van der Waals surface area (Å²) >= 11 is 1.45. The third-order valence-electron chi connectivity index (χ3n) is 6.64. The topological polar surface area (TPSA) is 138 Å². The molecule has 0 saturated carbocycles. The number of carbonyl (C=O) groups excluding carboxylic acids is 3. The van der Waals surface area contributed by atoms with E-state index in [4.69, 9.17) is 0 Å². The summed E-state index contributed by atoms with van der Waals surface area (Å²) in [4.78, 5) is 48.9. The van der Waals surface area contributed by atoms with Crippen LogP contribution in [0.2, 0.25) is 0 Å². The van der Waals surface area contributed by atoms with E-state index < -0.39 is 39.7 Å². The first kappa shape index (κ1) is 27.6. The van der Waals surface area contributed by atoms with E-state index in [1.807, 2.05) is 41.8 Å².